The topological polar surface area (TPSA) is 64.0 Å². The molecule has 0 saturated carbocycles. The predicted octanol–water partition coefficient (Wildman–Crippen LogP) is 1.76. The summed E-state index contributed by atoms with van der Waals surface area (Å²) >= 11 is 1.35. The lowest BCUT2D eigenvalue weighted by Gasteiger charge is -2.13. The van der Waals surface area contributed by atoms with Gasteiger partial charge >= 0.3 is 0 Å². The zero-order valence-corrected chi connectivity index (χ0v) is 11.9. The lowest BCUT2D eigenvalue weighted by atomic mass is 10.2. The van der Waals surface area contributed by atoms with Crippen LogP contribution in [0.3, 0.4) is 0 Å². The zero-order chi connectivity index (χ0) is 13.8. The normalized spacial score (nSPS) is 12.5. The van der Waals surface area contributed by atoms with Crippen LogP contribution >= 0.6 is 11.3 Å². The van der Waals surface area contributed by atoms with Crippen molar-refractivity contribution in [1.82, 2.24) is 14.9 Å². The minimum atomic E-state index is -0.154. The summed E-state index contributed by atoms with van der Waals surface area (Å²) in [6, 6.07) is 1.93. The molecule has 0 saturated heterocycles. The van der Waals surface area contributed by atoms with E-state index < -0.39 is 0 Å². The van der Waals surface area contributed by atoms with Crippen molar-refractivity contribution in [2.45, 2.75) is 39.3 Å². The minimum Gasteiger partial charge on any atom is -0.352 e. The first-order valence-corrected chi connectivity index (χ1v) is 7.21. The second kappa shape index (κ2) is 5.97. The molecule has 0 aliphatic carbocycles. The van der Waals surface area contributed by atoms with Gasteiger partial charge in [-0.15, -0.1) is 11.3 Å². The Morgan fingerprint density at radius 1 is 1.58 bits per heavy atom. The Morgan fingerprint density at radius 3 is 3.11 bits per heavy atom. The third kappa shape index (κ3) is 3.20. The molecule has 19 heavy (non-hydrogen) atoms. The Balaban J connectivity index is 2.11. The maximum absolute atomic E-state index is 12.1. The van der Waals surface area contributed by atoms with E-state index in [4.69, 9.17) is 0 Å². The van der Waals surface area contributed by atoms with Gasteiger partial charge in [-0.25, -0.2) is 4.98 Å². The highest BCUT2D eigenvalue weighted by atomic mass is 32.1. The summed E-state index contributed by atoms with van der Waals surface area (Å²) < 4.78 is 1.95. The number of nitrogens with one attached hydrogen (secondary N) is 1. The third-order valence-electron chi connectivity index (χ3n) is 2.88. The molecule has 1 atom stereocenters. The van der Waals surface area contributed by atoms with Crippen molar-refractivity contribution in [3.05, 3.63) is 28.1 Å². The monoisotopic (exact) mass is 279 g/mol. The van der Waals surface area contributed by atoms with Crippen LogP contribution in [-0.4, -0.2) is 21.5 Å². The molecular formula is C13H17N3O2S. The number of rotatable bonds is 5. The SMILES string of the molecule is CCCC(C)NC(=O)Cn1cnc2ccsc2c1=O. The Morgan fingerprint density at radius 2 is 2.37 bits per heavy atom. The molecule has 0 spiro atoms. The molecule has 0 radical (unpaired) electrons. The molecule has 0 aromatic carbocycles. The van der Waals surface area contributed by atoms with Gasteiger partial charge in [0, 0.05) is 6.04 Å². The number of carbonyl (C=O) groups excluding carboxylic acids is 1. The predicted molar refractivity (Wildman–Crippen MR) is 76.4 cm³/mol. The van der Waals surface area contributed by atoms with Crippen molar-refractivity contribution >= 4 is 27.5 Å². The molecule has 0 aliphatic rings. The van der Waals surface area contributed by atoms with Gasteiger partial charge < -0.3 is 5.32 Å². The van der Waals surface area contributed by atoms with E-state index in [0.29, 0.717) is 10.2 Å². The summed E-state index contributed by atoms with van der Waals surface area (Å²) in [7, 11) is 0. The van der Waals surface area contributed by atoms with Crippen LogP contribution in [0.5, 0.6) is 0 Å². The smallest absolute Gasteiger partial charge is 0.271 e. The number of hydrogen-bond donors (Lipinski definition) is 1. The lowest BCUT2D eigenvalue weighted by molar-refractivity contribution is -0.122. The van der Waals surface area contributed by atoms with Gasteiger partial charge in [-0.05, 0) is 24.8 Å². The summed E-state index contributed by atoms with van der Waals surface area (Å²) in [5.74, 6) is -0.152. The Kier molecular flexibility index (Phi) is 4.31. The van der Waals surface area contributed by atoms with Crippen LogP contribution in [0.4, 0.5) is 0 Å². The number of fused-ring (bicyclic) bond motifs is 1. The molecule has 102 valence electrons. The van der Waals surface area contributed by atoms with E-state index in [-0.39, 0.29) is 24.1 Å². The first-order valence-electron chi connectivity index (χ1n) is 6.33. The second-order valence-electron chi connectivity index (χ2n) is 4.57. The van der Waals surface area contributed by atoms with Gasteiger partial charge in [0.2, 0.25) is 5.91 Å². The van der Waals surface area contributed by atoms with Crippen molar-refractivity contribution in [2.75, 3.05) is 0 Å². The summed E-state index contributed by atoms with van der Waals surface area (Å²) in [6.45, 7) is 4.06. The van der Waals surface area contributed by atoms with Crippen LogP contribution in [0.2, 0.25) is 0 Å². The largest absolute Gasteiger partial charge is 0.352 e. The van der Waals surface area contributed by atoms with Crippen LogP contribution in [-0.2, 0) is 11.3 Å². The molecule has 0 bridgehead atoms. The van der Waals surface area contributed by atoms with E-state index in [0.717, 1.165) is 12.8 Å². The minimum absolute atomic E-state index is 0.0216. The number of amides is 1. The molecule has 2 aromatic heterocycles. The van der Waals surface area contributed by atoms with Crippen LogP contribution in [0.15, 0.2) is 22.6 Å². The second-order valence-corrected chi connectivity index (χ2v) is 5.49. The van der Waals surface area contributed by atoms with Gasteiger partial charge in [-0.3, -0.25) is 14.2 Å². The number of nitrogens with zero attached hydrogens (tertiary/aromatic N) is 2. The van der Waals surface area contributed by atoms with Crippen molar-refractivity contribution in [3.8, 4) is 0 Å². The van der Waals surface area contributed by atoms with Gasteiger partial charge in [-0.1, -0.05) is 13.3 Å². The van der Waals surface area contributed by atoms with E-state index in [1.807, 2.05) is 12.3 Å². The quantitative estimate of drug-likeness (QED) is 0.907. The van der Waals surface area contributed by atoms with Gasteiger partial charge in [-0.2, -0.15) is 0 Å². The highest BCUT2D eigenvalue weighted by Gasteiger charge is 2.10. The van der Waals surface area contributed by atoms with Crippen LogP contribution in [0.1, 0.15) is 26.7 Å². The van der Waals surface area contributed by atoms with Crippen LogP contribution < -0.4 is 10.9 Å². The molecule has 0 aliphatic heterocycles. The fraction of sp³-hybridized carbons (Fsp3) is 0.462. The van der Waals surface area contributed by atoms with Crippen molar-refractivity contribution in [1.29, 1.82) is 0 Å². The Bertz CT molecular complexity index is 632. The average molecular weight is 279 g/mol. The number of thiophene rings is 1. The van der Waals surface area contributed by atoms with Gasteiger partial charge in [0.15, 0.2) is 0 Å². The van der Waals surface area contributed by atoms with Gasteiger partial charge in [0.05, 0.1) is 11.8 Å². The molecular weight excluding hydrogens is 262 g/mol. The van der Waals surface area contributed by atoms with Crippen molar-refractivity contribution in [3.63, 3.8) is 0 Å². The van der Waals surface area contributed by atoms with E-state index in [9.17, 15) is 9.59 Å². The molecule has 1 unspecified atom stereocenters. The summed E-state index contributed by atoms with van der Waals surface area (Å²) in [4.78, 5) is 28.1. The highest BCUT2D eigenvalue weighted by Crippen LogP contribution is 2.12. The van der Waals surface area contributed by atoms with Gasteiger partial charge in [0.1, 0.15) is 11.2 Å². The standard InChI is InChI=1S/C13H17N3O2S/c1-3-4-9(2)15-11(17)7-16-8-14-10-5-6-19-12(10)13(16)18/h5-6,8-9H,3-4,7H2,1-2H3,(H,15,17). The molecule has 0 fully saturated rings. The lowest BCUT2D eigenvalue weighted by Crippen LogP contribution is -2.37. The zero-order valence-electron chi connectivity index (χ0n) is 11.0. The Hall–Kier alpha value is -1.69. The fourth-order valence-corrected chi connectivity index (χ4v) is 2.76. The summed E-state index contributed by atoms with van der Waals surface area (Å²) in [5.41, 5.74) is 0.532. The van der Waals surface area contributed by atoms with Crippen molar-refractivity contribution < 1.29 is 4.79 Å². The van der Waals surface area contributed by atoms with E-state index in [1.54, 1.807) is 6.07 Å². The molecule has 5 nitrogen and oxygen atoms in total. The first kappa shape index (κ1) is 13.7. The maximum atomic E-state index is 12.1. The summed E-state index contributed by atoms with van der Waals surface area (Å²) in [6.07, 6.45) is 3.38. The van der Waals surface area contributed by atoms with E-state index in [1.165, 1.54) is 22.2 Å². The first-order chi connectivity index (χ1) is 9.11. The van der Waals surface area contributed by atoms with Crippen LogP contribution in [0.25, 0.3) is 10.2 Å². The van der Waals surface area contributed by atoms with E-state index >= 15 is 0 Å². The fourth-order valence-electron chi connectivity index (χ4n) is 1.97. The molecule has 2 rings (SSSR count). The Labute approximate surface area is 115 Å². The number of aromatic nitrogens is 2. The van der Waals surface area contributed by atoms with Crippen LogP contribution in [0, 0.1) is 0 Å². The van der Waals surface area contributed by atoms with Gasteiger partial charge in [0.25, 0.3) is 5.56 Å². The van der Waals surface area contributed by atoms with E-state index in [2.05, 4.69) is 17.2 Å². The third-order valence-corrected chi connectivity index (χ3v) is 3.77. The number of carbonyl (C=O) groups is 1. The molecule has 2 aromatic rings. The van der Waals surface area contributed by atoms with Crippen molar-refractivity contribution in [2.24, 2.45) is 0 Å². The number of hydrogen-bond acceptors (Lipinski definition) is 4. The maximum Gasteiger partial charge on any atom is 0.271 e. The highest BCUT2D eigenvalue weighted by molar-refractivity contribution is 7.17. The molecule has 2 heterocycles. The molecule has 1 N–H and O–H groups in total. The molecule has 6 heteroatoms. The molecule has 1 amide bonds. The average Bonchev–Trinajstić information content (AvgIpc) is 2.82. The summed E-state index contributed by atoms with van der Waals surface area (Å²) in [5, 5.41) is 4.70.